The molecule has 1 unspecified atom stereocenters. The molecule has 0 fully saturated rings. The molecule has 24 heavy (non-hydrogen) atoms. The highest BCUT2D eigenvalue weighted by atomic mass is 16.5. The summed E-state index contributed by atoms with van der Waals surface area (Å²) >= 11 is 0. The third-order valence-corrected chi connectivity index (χ3v) is 3.37. The summed E-state index contributed by atoms with van der Waals surface area (Å²) in [7, 11) is 0. The van der Waals surface area contributed by atoms with E-state index >= 15 is 0 Å². The number of aromatic hydroxyl groups is 1. The molecule has 0 bridgehead atoms. The van der Waals surface area contributed by atoms with Crippen molar-refractivity contribution in [2.75, 3.05) is 13.2 Å². The quantitative estimate of drug-likeness (QED) is 0.523. The van der Waals surface area contributed by atoms with Gasteiger partial charge in [-0.2, -0.15) is 0 Å². The zero-order chi connectivity index (χ0) is 17.7. The Morgan fingerprint density at radius 2 is 2.17 bits per heavy atom. The van der Waals surface area contributed by atoms with E-state index in [9.17, 15) is 15.0 Å². The Labute approximate surface area is 138 Å². The average molecular weight is 336 g/mol. The van der Waals surface area contributed by atoms with E-state index in [2.05, 4.69) is 0 Å². The summed E-state index contributed by atoms with van der Waals surface area (Å²) in [6.07, 6.45) is 1.15. The Morgan fingerprint density at radius 1 is 1.42 bits per heavy atom. The first kappa shape index (κ1) is 17.8. The highest BCUT2D eigenvalue weighted by molar-refractivity contribution is 5.91. The topological polar surface area (TPSA) is 109 Å². The fourth-order valence-corrected chi connectivity index (χ4v) is 2.10. The largest absolute Gasteiger partial charge is 0.503 e. The summed E-state index contributed by atoms with van der Waals surface area (Å²) in [5.41, 5.74) is -0.681. The predicted octanol–water partition coefficient (Wildman–Crippen LogP) is 1.92. The van der Waals surface area contributed by atoms with Crippen LogP contribution >= 0.6 is 0 Å². The van der Waals surface area contributed by atoms with Crippen LogP contribution in [0.3, 0.4) is 0 Å². The molecule has 7 heteroatoms. The molecule has 0 radical (unpaired) electrons. The highest BCUT2D eigenvalue weighted by Gasteiger charge is 2.20. The van der Waals surface area contributed by atoms with Crippen LogP contribution in [0.4, 0.5) is 0 Å². The molecule has 1 aromatic heterocycles. The maximum absolute atomic E-state index is 12.1. The van der Waals surface area contributed by atoms with Crippen LogP contribution in [-0.2, 0) is 0 Å². The molecule has 1 aromatic carbocycles. The lowest BCUT2D eigenvalue weighted by Gasteiger charge is -2.14. The van der Waals surface area contributed by atoms with Crippen molar-refractivity contribution in [2.45, 2.75) is 26.4 Å². The summed E-state index contributed by atoms with van der Waals surface area (Å²) in [5.74, 6) is -0.0185. The molecular weight excluding hydrogens is 316 g/mol. The lowest BCUT2D eigenvalue weighted by Crippen LogP contribution is -2.21. The summed E-state index contributed by atoms with van der Waals surface area (Å²) in [4.78, 5) is 12.1. The van der Waals surface area contributed by atoms with E-state index in [-0.39, 0.29) is 29.1 Å². The molecule has 0 saturated heterocycles. The molecule has 130 valence electrons. The smallest absolute Gasteiger partial charge is 0.383 e. The molecule has 0 aliphatic carbocycles. The number of aliphatic hydroxyl groups is 2. The fourth-order valence-electron chi connectivity index (χ4n) is 2.10. The Kier molecular flexibility index (Phi) is 5.83. The third-order valence-electron chi connectivity index (χ3n) is 3.37. The number of allylic oxidation sites excluding steroid dienone is 2. The highest BCUT2D eigenvalue weighted by Crippen LogP contribution is 2.38. The minimum absolute atomic E-state index is 0.124. The van der Waals surface area contributed by atoms with Crippen molar-refractivity contribution in [3.05, 3.63) is 40.5 Å². The molecule has 0 spiro atoms. The van der Waals surface area contributed by atoms with Gasteiger partial charge in [-0.25, -0.2) is 4.79 Å². The summed E-state index contributed by atoms with van der Waals surface area (Å²) < 4.78 is 16.0. The van der Waals surface area contributed by atoms with E-state index in [0.717, 1.165) is 0 Å². The maximum atomic E-state index is 12.1. The van der Waals surface area contributed by atoms with E-state index in [0.29, 0.717) is 12.2 Å². The average Bonchev–Trinajstić information content (AvgIpc) is 2.59. The van der Waals surface area contributed by atoms with Gasteiger partial charge in [0.2, 0.25) is 0 Å². The summed E-state index contributed by atoms with van der Waals surface area (Å²) in [6, 6.07) is 4.63. The number of hydrogen-bond acceptors (Lipinski definition) is 7. The first-order valence-electron chi connectivity index (χ1n) is 7.55. The molecule has 2 rings (SSSR count). The van der Waals surface area contributed by atoms with Crippen LogP contribution in [0.5, 0.6) is 17.2 Å². The number of rotatable bonds is 7. The van der Waals surface area contributed by atoms with Crippen molar-refractivity contribution < 1.29 is 29.2 Å². The van der Waals surface area contributed by atoms with Gasteiger partial charge < -0.3 is 29.2 Å². The Morgan fingerprint density at radius 3 is 2.79 bits per heavy atom. The minimum atomic E-state index is -1.07. The standard InChI is InChI=1S/C17H20O7/c1-3-11(4-2)23-16-15(20)14-12(22-9-10(19)8-18)6-5-7-13(14)24-17(16)21/h3,5-7,10,18-20H,4,8-9H2,1-2H3. The molecule has 7 nitrogen and oxygen atoms in total. The number of fused-ring (bicyclic) bond motifs is 1. The van der Waals surface area contributed by atoms with Gasteiger partial charge in [0, 0.05) is 6.42 Å². The fraction of sp³-hybridized carbons (Fsp3) is 0.353. The van der Waals surface area contributed by atoms with Crippen LogP contribution in [0.25, 0.3) is 11.0 Å². The van der Waals surface area contributed by atoms with Crippen molar-refractivity contribution in [1.29, 1.82) is 0 Å². The zero-order valence-corrected chi connectivity index (χ0v) is 13.5. The maximum Gasteiger partial charge on any atom is 0.383 e. The second-order valence-corrected chi connectivity index (χ2v) is 5.05. The van der Waals surface area contributed by atoms with Crippen molar-refractivity contribution in [2.24, 2.45) is 0 Å². The van der Waals surface area contributed by atoms with Gasteiger partial charge in [-0.1, -0.05) is 13.0 Å². The van der Waals surface area contributed by atoms with Gasteiger partial charge >= 0.3 is 5.63 Å². The van der Waals surface area contributed by atoms with Crippen LogP contribution in [0.2, 0.25) is 0 Å². The minimum Gasteiger partial charge on any atom is -0.503 e. The molecule has 2 aromatic rings. The van der Waals surface area contributed by atoms with E-state index in [4.69, 9.17) is 19.0 Å². The van der Waals surface area contributed by atoms with Crippen LogP contribution < -0.4 is 15.1 Å². The van der Waals surface area contributed by atoms with Crippen molar-refractivity contribution in [3.63, 3.8) is 0 Å². The second-order valence-electron chi connectivity index (χ2n) is 5.05. The van der Waals surface area contributed by atoms with E-state index < -0.39 is 24.1 Å². The number of benzene rings is 1. The van der Waals surface area contributed by atoms with Crippen LogP contribution in [0, 0.1) is 0 Å². The van der Waals surface area contributed by atoms with Crippen LogP contribution in [0.1, 0.15) is 20.3 Å². The van der Waals surface area contributed by atoms with Gasteiger partial charge in [0.1, 0.15) is 35.2 Å². The third kappa shape index (κ3) is 3.69. The molecule has 1 atom stereocenters. The van der Waals surface area contributed by atoms with Crippen molar-refractivity contribution >= 4 is 11.0 Å². The van der Waals surface area contributed by atoms with E-state index in [1.807, 2.05) is 6.92 Å². The Hall–Kier alpha value is -2.51. The van der Waals surface area contributed by atoms with Gasteiger partial charge in [0.15, 0.2) is 5.75 Å². The molecule has 1 heterocycles. The van der Waals surface area contributed by atoms with Crippen molar-refractivity contribution in [1.82, 2.24) is 0 Å². The van der Waals surface area contributed by atoms with Crippen molar-refractivity contribution in [3.8, 4) is 17.2 Å². The van der Waals surface area contributed by atoms with Gasteiger partial charge in [0.25, 0.3) is 5.75 Å². The zero-order valence-electron chi connectivity index (χ0n) is 13.5. The number of hydrogen-bond donors (Lipinski definition) is 3. The number of aliphatic hydroxyl groups excluding tert-OH is 2. The van der Waals surface area contributed by atoms with E-state index in [1.54, 1.807) is 25.1 Å². The monoisotopic (exact) mass is 336 g/mol. The molecule has 0 amide bonds. The summed E-state index contributed by atoms with van der Waals surface area (Å²) in [5, 5.41) is 28.9. The van der Waals surface area contributed by atoms with Crippen LogP contribution in [0.15, 0.2) is 39.2 Å². The predicted molar refractivity (Wildman–Crippen MR) is 87.4 cm³/mol. The first-order valence-corrected chi connectivity index (χ1v) is 7.55. The molecule has 0 aliphatic heterocycles. The summed E-state index contributed by atoms with van der Waals surface area (Å²) in [6.45, 7) is 2.96. The Bertz CT molecular complexity index is 791. The van der Waals surface area contributed by atoms with E-state index in [1.165, 1.54) is 6.07 Å². The molecule has 3 N–H and O–H groups in total. The lowest BCUT2D eigenvalue weighted by molar-refractivity contribution is 0.0540. The lowest BCUT2D eigenvalue weighted by atomic mass is 10.2. The van der Waals surface area contributed by atoms with Gasteiger partial charge in [-0.3, -0.25) is 0 Å². The van der Waals surface area contributed by atoms with Gasteiger partial charge in [-0.05, 0) is 25.1 Å². The second kappa shape index (κ2) is 7.85. The van der Waals surface area contributed by atoms with Gasteiger partial charge in [-0.15, -0.1) is 0 Å². The number of ether oxygens (including phenoxy) is 2. The normalized spacial score (nSPS) is 13.1. The van der Waals surface area contributed by atoms with Gasteiger partial charge in [0.05, 0.1) is 6.61 Å². The Balaban J connectivity index is 2.52. The SMILES string of the molecule is CC=C(CC)Oc1c(O)c2c(OCC(O)CO)cccc2oc1=O. The molecule has 0 saturated carbocycles. The molecule has 0 aliphatic rings. The first-order chi connectivity index (χ1) is 11.5. The molecular formula is C17H20O7. The van der Waals surface area contributed by atoms with Crippen LogP contribution in [-0.4, -0.2) is 34.6 Å².